The highest BCUT2D eigenvalue weighted by atomic mass is 32.1. The third kappa shape index (κ3) is 3.33. The maximum atomic E-state index is 12.2. The first kappa shape index (κ1) is 14.5. The minimum absolute atomic E-state index is 0.145. The van der Waals surface area contributed by atoms with E-state index in [1.165, 1.54) is 11.3 Å². The van der Waals surface area contributed by atoms with Gasteiger partial charge in [0, 0.05) is 16.1 Å². The summed E-state index contributed by atoms with van der Waals surface area (Å²) < 4.78 is 0. The largest absolute Gasteiger partial charge is 0.384 e. The van der Waals surface area contributed by atoms with Crippen LogP contribution in [-0.2, 0) is 6.54 Å². The monoisotopic (exact) mass is 290 g/mol. The number of nitrogens with one attached hydrogen (secondary N) is 1. The topological polar surface area (TPSA) is 80.9 Å². The molecule has 0 fully saturated rings. The van der Waals surface area contributed by atoms with Gasteiger partial charge in [-0.1, -0.05) is 13.8 Å². The van der Waals surface area contributed by atoms with E-state index in [4.69, 9.17) is 5.73 Å². The smallest absolute Gasteiger partial charge is 0.251 e. The van der Waals surface area contributed by atoms with Gasteiger partial charge >= 0.3 is 0 Å². The van der Waals surface area contributed by atoms with Crippen LogP contribution in [0, 0.1) is 6.92 Å². The lowest BCUT2D eigenvalue weighted by molar-refractivity contribution is 0.0951. The Kier molecular flexibility index (Phi) is 4.34. The highest BCUT2D eigenvalue weighted by Gasteiger charge is 2.11. The van der Waals surface area contributed by atoms with Crippen LogP contribution in [0.15, 0.2) is 17.6 Å². The fourth-order valence-electron chi connectivity index (χ4n) is 1.76. The van der Waals surface area contributed by atoms with Crippen LogP contribution in [0.2, 0.25) is 0 Å². The molecule has 0 aliphatic rings. The van der Waals surface area contributed by atoms with Gasteiger partial charge in [-0.15, -0.1) is 11.3 Å². The lowest BCUT2D eigenvalue weighted by Crippen LogP contribution is -2.23. The van der Waals surface area contributed by atoms with Crippen molar-refractivity contribution in [2.24, 2.45) is 0 Å². The Balaban J connectivity index is 2.11. The molecule has 0 radical (unpaired) electrons. The van der Waals surface area contributed by atoms with Crippen LogP contribution in [0.25, 0.3) is 0 Å². The fraction of sp³-hybridized carbons (Fsp3) is 0.357. The molecule has 0 saturated heterocycles. The molecule has 0 atom stereocenters. The molecule has 3 N–H and O–H groups in total. The van der Waals surface area contributed by atoms with Crippen LogP contribution in [-0.4, -0.2) is 15.9 Å². The second-order valence-corrected chi connectivity index (χ2v) is 5.84. The zero-order valence-corrected chi connectivity index (χ0v) is 12.6. The summed E-state index contributed by atoms with van der Waals surface area (Å²) in [6.07, 6.45) is 0. The Hall–Kier alpha value is -1.95. The van der Waals surface area contributed by atoms with Crippen molar-refractivity contribution in [3.63, 3.8) is 0 Å². The summed E-state index contributed by atoms with van der Waals surface area (Å²) in [5, 5.41) is 2.88. The SMILES string of the molecule is Cc1ncsc1CNC(=O)c1cc(N)nc(C(C)C)c1. The molecule has 2 heterocycles. The van der Waals surface area contributed by atoms with Gasteiger partial charge in [-0.25, -0.2) is 9.97 Å². The number of pyridine rings is 1. The Morgan fingerprint density at radius 1 is 1.45 bits per heavy atom. The molecule has 0 aliphatic carbocycles. The summed E-state index contributed by atoms with van der Waals surface area (Å²) in [6.45, 7) is 6.45. The molecule has 2 rings (SSSR count). The number of hydrogen-bond acceptors (Lipinski definition) is 5. The molecule has 0 spiro atoms. The van der Waals surface area contributed by atoms with Crippen LogP contribution in [0.5, 0.6) is 0 Å². The second kappa shape index (κ2) is 6.00. The highest BCUT2D eigenvalue weighted by molar-refractivity contribution is 7.09. The first-order chi connectivity index (χ1) is 9.47. The van der Waals surface area contributed by atoms with Crippen molar-refractivity contribution >= 4 is 23.1 Å². The van der Waals surface area contributed by atoms with E-state index in [1.54, 1.807) is 17.6 Å². The molecular formula is C14H18N4OS. The quantitative estimate of drug-likeness (QED) is 0.906. The maximum Gasteiger partial charge on any atom is 0.251 e. The maximum absolute atomic E-state index is 12.2. The lowest BCUT2D eigenvalue weighted by atomic mass is 10.1. The van der Waals surface area contributed by atoms with Crippen molar-refractivity contribution in [2.75, 3.05) is 5.73 Å². The number of aryl methyl sites for hydroxylation is 1. The van der Waals surface area contributed by atoms with Gasteiger partial charge in [0.15, 0.2) is 0 Å². The Labute approximate surface area is 122 Å². The van der Waals surface area contributed by atoms with Crippen molar-refractivity contribution in [3.8, 4) is 0 Å². The number of rotatable bonds is 4. The lowest BCUT2D eigenvalue weighted by Gasteiger charge is -2.09. The van der Waals surface area contributed by atoms with Crippen LogP contribution >= 0.6 is 11.3 Å². The average Bonchev–Trinajstić information content (AvgIpc) is 2.80. The molecule has 0 aliphatic heterocycles. The third-order valence-corrected chi connectivity index (χ3v) is 3.91. The van der Waals surface area contributed by atoms with E-state index in [2.05, 4.69) is 15.3 Å². The molecular weight excluding hydrogens is 272 g/mol. The van der Waals surface area contributed by atoms with Crippen LogP contribution in [0.1, 0.15) is 46.4 Å². The zero-order valence-electron chi connectivity index (χ0n) is 11.8. The van der Waals surface area contributed by atoms with E-state index in [1.807, 2.05) is 20.8 Å². The Bertz CT molecular complexity index is 621. The van der Waals surface area contributed by atoms with Crippen LogP contribution in [0.4, 0.5) is 5.82 Å². The van der Waals surface area contributed by atoms with Gasteiger partial charge in [-0.05, 0) is 25.0 Å². The predicted molar refractivity (Wildman–Crippen MR) is 80.8 cm³/mol. The van der Waals surface area contributed by atoms with Gasteiger partial charge in [-0.2, -0.15) is 0 Å². The standard InChI is InChI=1S/C14H18N4OS/c1-8(2)11-4-10(5-13(15)18-11)14(19)16-6-12-9(3)17-7-20-12/h4-5,7-8H,6H2,1-3H3,(H2,15,18)(H,16,19). The van der Waals surface area contributed by atoms with Crippen LogP contribution < -0.4 is 11.1 Å². The summed E-state index contributed by atoms with van der Waals surface area (Å²) in [7, 11) is 0. The van der Waals surface area contributed by atoms with E-state index in [-0.39, 0.29) is 11.8 Å². The fourth-order valence-corrected chi connectivity index (χ4v) is 2.48. The number of carbonyl (C=O) groups is 1. The number of nitrogens with two attached hydrogens (primary N) is 1. The first-order valence-electron chi connectivity index (χ1n) is 6.42. The summed E-state index contributed by atoms with van der Waals surface area (Å²) in [4.78, 5) is 21.6. The first-order valence-corrected chi connectivity index (χ1v) is 7.30. The highest BCUT2D eigenvalue weighted by Crippen LogP contribution is 2.16. The van der Waals surface area contributed by atoms with E-state index in [0.29, 0.717) is 17.9 Å². The van der Waals surface area contributed by atoms with Gasteiger partial charge in [0.1, 0.15) is 5.82 Å². The number of carbonyl (C=O) groups excluding carboxylic acids is 1. The number of hydrogen-bond donors (Lipinski definition) is 2. The molecule has 0 unspecified atom stereocenters. The van der Waals surface area contributed by atoms with Gasteiger partial charge in [-0.3, -0.25) is 4.79 Å². The Morgan fingerprint density at radius 3 is 2.80 bits per heavy atom. The predicted octanol–water partition coefficient (Wildman–Crippen LogP) is 2.48. The number of nitrogen functional groups attached to an aromatic ring is 1. The average molecular weight is 290 g/mol. The molecule has 106 valence electrons. The molecule has 0 bridgehead atoms. The van der Waals surface area contributed by atoms with Crippen molar-refractivity contribution in [3.05, 3.63) is 39.5 Å². The zero-order chi connectivity index (χ0) is 14.7. The minimum atomic E-state index is -0.145. The molecule has 0 saturated carbocycles. The van der Waals surface area contributed by atoms with E-state index < -0.39 is 0 Å². The van der Waals surface area contributed by atoms with Crippen molar-refractivity contribution in [1.82, 2.24) is 15.3 Å². The molecule has 2 aromatic heterocycles. The Morgan fingerprint density at radius 2 is 2.20 bits per heavy atom. The van der Waals surface area contributed by atoms with E-state index in [9.17, 15) is 4.79 Å². The van der Waals surface area contributed by atoms with Gasteiger partial charge < -0.3 is 11.1 Å². The number of thiazole rings is 1. The number of anilines is 1. The number of amides is 1. The molecule has 20 heavy (non-hydrogen) atoms. The second-order valence-electron chi connectivity index (χ2n) is 4.90. The van der Waals surface area contributed by atoms with Crippen molar-refractivity contribution in [2.45, 2.75) is 33.2 Å². The summed E-state index contributed by atoms with van der Waals surface area (Å²) in [5.74, 6) is 0.456. The molecule has 5 nitrogen and oxygen atoms in total. The molecule has 0 aromatic carbocycles. The van der Waals surface area contributed by atoms with Crippen molar-refractivity contribution in [1.29, 1.82) is 0 Å². The molecule has 6 heteroatoms. The molecule has 1 amide bonds. The van der Waals surface area contributed by atoms with Gasteiger partial charge in [0.25, 0.3) is 5.91 Å². The number of aromatic nitrogens is 2. The number of nitrogens with zero attached hydrogens (tertiary/aromatic N) is 2. The van der Waals surface area contributed by atoms with Crippen LogP contribution in [0.3, 0.4) is 0 Å². The van der Waals surface area contributed by atoms with Crippen molar-refractivity contribution < 1.29 is 4.79 Å². The van der Waals surface area contributed by atoms with Gasteiger partial charge in [0.05, 0.1) is 17.7 Å². The summed E-state index contributed by atoms with van der Waals surface area (Å²) in [5.41, 5.74) is 9.85. The summed E-state index contributed by atoms with van der Waals surface area (Å²) >= 11 is 1.54. The summed E-state index contributed by atoms with van der Waals surface area (Å²) in [6, 6.07) is 3.39. The molecule has 2 aromatic rings. The minimum Gasteiger partial charge on any atom is -0.384 e. The normalized spacial score (nSPS) is 10.8. The third-order valence-electron chi connectivity index (χ3n) is 2.97. The van der Waals surface area contributed by atoms with E-state index >= 15 is 0 Å². The van der Waals surface area contributed by atoms with E-state index in [0.717, 1.165) is 16.3 Å². The van der Waals surface area contributed by atoms with Gasteiger partial charge in [0.2, 0.25) is 0 Å².